The van der Waals surface area contributed by atoms with Crippen molar-refractivity contribution >= 4 is 10.8 Å². The third kappa shape index (κ3) is 3.56. The molecule has 2 N–H and O–H groups in total. The van der Waals surface area contributed by atoms with E-state index in [9.17, 15) is 0 Å². The van der Waals surface area contributed by atoms with Gasteiger partial charge in [-0.05, 0) is 35.9 Å². The highest BCUT2D eigenvalue weighted by atomic mass is 14.9. The van der Waals surface area contributed by atoms with Gasteiger partial charge in [0.05, 0.1) is 0 Å². The molecule has 0 unspecified atom stereocenters. The molecule has 2 aromatic carbocycles. The number of nitrogens with one attached hydrogen (secondary N) is 2. The highest BCUT2D eigenvalue weighted by molar-refractivity contribution is 5.83. The van der Waals surface area contributed by atoms with E-state index in [1.54, 1.807) is 0 Å². The molecule has 0 aliphatic rings. The number of fused-ring (bicyclic) bond motifs is 1. The molecule has 0 bridgehead atoms. The van der Waals surface area contributed by atoms with Crippen LogP contribution in [-0.2, 0) is 6.54 Å². The van der Waals surface area contributed by atoms with E-state index in [0.717, 1.165) is 26.2 Å². The van der Waals surface area contributed by atoms with Crippen LogP contribution >= 0.6 is 0 Å². The molecule has 0 amide bonds. The molecule has 0 radical (unpaired) electrons. The SMILES string of the molecule is CCNCCNCc1ccc2cc(C)ccc2c1. The van der Waals surface area contributed by atoms with Crippen LogP contribution in [0.5, 0.6) is 0 Å². The van der Waals surface area contributed by atoms with E-state index in [1.807, 2.05) is 0 Å². The number of rotatable bonds is 6. The molecule has 96 valence electrons. The van der Waals surface area contributed by atoms with Gasteiger partial charge in [-0.3, -0.25) is 0 Å². The Kier molecular flexibility index (Phi) is 4.73. The predicted molar refractivity (Wildman–Crippen MR) is 78.9 cm³/mol. The van der Waals surface area contributed by atoms with Gasteiger partial charge in [0.2, 0.25) is 0 Å². The van der Waals surface area contributed by atoms with Crippen molar-refractivity contribution in [2.45, 2.75) is 20.4 Å². The summed E-state index contributed by atoms with van der Waals surface area (Å²) in [5.41, 5.74) is 2.67. The molecule has 0 heterocycles. The van der Waals surface area contributed by atoms with Crippen LogP contribution in [0.15, 0.2) is 36.4 Å². The summed E-state index contributed by atoms with van der Waals surface area (Å²) in [6.45, 7) is 8.29. The van der Waals surface area contributed by atoms with Crippen molar-refractivity contribution in [3.8, 4) is 0 Å². The zero-order chi connectivity index (χ0) is 12.8. The maximum atomic E-state index is 3.45. The van der Waals surface area contributed by atoms with Crippen molar-refractivity contribution in [1.82, 2.24) is 10.6 Å². The first-order valence-electron chi connectivity index (χ1n) is 6.70. The Hall–Kier alpha value is -1.38. The summed E-state index contributed by atoms with van der Waals surface area (Å²) in [6.07, 6.45) is 0. The molecule has 2 aromatic rings. The zero-order valence-corrected chi connectivity index (χ0v) is 11.3. The van der Waals surface area contributed by atoms with E-state index < -0.39 is 0 Å². The van der Waals surface area contributed by atoms with Gasteiger partial charge in [0.15, 0.2) is 0 Å². The lowest BCUT2D eigenvalue weighted by molar-refractivity contribution is 0.625. The molecule has 0 saturated carbocycles. The van der Waals surface area contributed by atoms with Gasteiger partial charge in [0.1, 0.15) is 0 Å². The van der Waals surface area contributed by atoms with Crippen LogP contribution in [0.4, 0.5) is 0 Å². The Bertz CT molecular complexity index is 505. The summed E-state index contributed by atoms with van der Waals surface area (Å²) < 4.78 is 0. The summed E-state index contributed by atoms with van der Waals surface area (Å²) in [6, 6.07) is 13.3. The minimum Gasteiger partial charge on any atom is -0.316 e. The van der Waals surface area contributed by atoms with Gasteiger partial charge in [0.25, 0.3) is 0 Å². The molecule has 0 aromatic heterocycles. The first kappa shape index (κ1) is 13.1. The van der Waals surface area contributed by atoms with E-state index in [1.165, 1.54) is 21.9 Å². The van der Waals surface area contributed by atoms with Crippen molar-refractivity contribution in [1.29, 1.82) is 0 Å². The van der Waals surface area contributed by atoms with Crippen molar-refractivity contribution in [2.75, 3.05) is 19.6 Å². The van der Waals surface area contributed by atoms with Crippen LogP contribution in [0.1, 0.15) is 18.1 Å². The van der Waals surface area contributed by atoms with Gasteiger partial charge in [-0.1, -0.05) is 42.8 Å². The average Bonchev–Trinajstić information content (AvgIpc) is 2.38. The largest absolute Gasteiger partial charge is 0.316 e. The minimum atomic E-state index is 0.940. The molecule has 0 fully saturated rings. The topological polar surface area (TPSA) is 24.1 Å². The van der Waals surface area contributed by atoms with Crippen molar-refractivity contribution in [2.24, 2.45) is 0 Å². The monoisotopic (exact) mass is 242 g/mol. The lowest BCUT2D eigenvalue weighted by Crippen LogP contribution is -2.26. The second kappa shape index (κ2) is 6.53. The van der Waals surface area contributed by atoms with Crippen molar-refractivity contribution in [3.63, 3.8) is 0 Å². The Morgan fingerprint density at radius 2 is 1.61 bits per heavy atom. The number of aryl methyl sites for hydroxylation is 1. The lowest BCUT2D eigenvalue weighted by atomic mass is 10.0. The highest BCUT2D eigenvalue weighted by Gasteiger charge is 1.97. The van der Waals surface area contributed by atoms with Gasteiger partial charge in [0, 0.05) is 19.6 Å². The quantitative estimate of drug-likeness (QED) is 0.761. The minimum absolute atomic E-state index is 0.940. The summed E-state index contributed by atoms with van der Waals surface area (Å²) >= 11 is 0. The summed E-state index contributed by atoms with van der Waals surface area (Å²) in [7, 11) is 0. The van der Waals surface area contributed by atoms with E-state index in [2.05, 4.69) is 60.9 Å². The van der Waals surface area contributed by atoms with Crippen LogP contribution in [0.2, 0.25) is 0 Å². The van der Waals surface area contributed by atoms with Crippen LogP contribution in [-0.4, -0.2) is 19.6 Å². The van der Waals surface area contributed by atoms with E-state index in [4.69, 9.17) is 0 Å². The maximum Gasteiger partial charge on any atom is 0.0206 e. The fourth-order valence-electron chi connectivity index (χ4n) is 2.11. The number of hydrogen-bond acceptors (Lipinski definition) is 2. The van der Waals surface area contributed by atoms with Gasteiger partial charge in [-0.2, -0.15) is 0 Å². The molecule has 2 nitrogen and oxygen atoms in total. The van der Waals surface area contributed by atoms with Crippen molar-refractivity contribution < 1.29 is 0 Å². The second-order valence-electron chi connectivity index (χ2n) is 4.72. The Morgan fingerprint density at radius 1 is 0.889 bits per heavy atom. The zero-order valence-electron chi connectivity index (χ0n) is 11.3. The van der Waals surface area contributed by atoms with Gasteiger partial charge in [-0.25, -0.2) is 0 Å². The summed E-state index contributed by atoms with van der Waals surface area (Å²) in [5, 5.41) is 9.41. The Labute approximate surface area is 109 Å². The molecule has 2 rings (SSSR count). The Balaban J connectivity index is 1.95. The molecular formula is C16H22N2. The molecule has 2 heteroatoms. The number of likely N-dealkylation sites (N-methyl/N-ethyl adjacent to an activating group) is 1. The molecule has 0 saturated heterocycles. The normalized spacial score (nSPS) is 11.0. The van der Waals surface area contributed by atoms with Crippen LogP contribution in [0.3, 0.4) is 0 Å². The van der Waals surface area contributed by atoms with E-state index in [-0.39, 0.29) is 0 Å². The van der Waals surface area contributed by atoms with E-state index >= 15 is 0 Å². The smallest absolute Gasteiger partial charge is 0.0206 e. The fourth-order valence-corrected chi connectivity index (χ4v) is 2.11. The third-order valence-corrected chi connectivity index (χ3v) is 3.12. The first-order valence-corrected chi connectivity index (χ1v) is 6.70. The molecule has 0 aliphatic heterocycles. The second-order valence-corrected chi connectivity index (χ2v) is 4.72. The highest BCUT2D eigenvalue weighted by Crippen LogP contribution is 2.17. The van der Waals surface area contributed by atoms with E-state index in [0.29, 0.717) is 0 Å². The molecule has 18 heavy (non-hydrogen) atoms. The standard InChI is InChI=1S/C16H22N2/c1-3-17-8-9-18-12-14-5-7-15-10-13(2)4-6-16(15)11-14/h4-7,10-11,17-18H,3,8-9,12H2,1-2H3. The van der Waals surface area contributed by atoms with Crippen molar-refractivity contribution in [3.05, 3.63) is 47.5 Å². The third-order valence-electron chi connectivity index (χ3n) is 3.12. The lowest BCUT2D eigenvalue weighted by Gasteiger charge is -2.07. The van der Waals surface area contributed by atoms with Crippen LogP contribution in [0, 0.1) is 6.92 Å². The van der Waals surface area contributed by atoms with Gasteiger partial charge in [-0.15, -0.1) is 0 Å². The predicted octanol–water partition coefficient (Wildman–Crippen LogP) is 2.85. The molecule has 0 spiro atoms. The molecular weight excluding hydrogens is 220 g/mol. The number of hydrogen-bond donors (Lipinski definition) is 2. The molecule has 0 atom stereocenters. The average molecular weight is 242 g/mol. The van der Waals surface area contributed by atoms with Gasteiger partial charge >= 0.3 is 0 Å². The fraction of sp³-hybridized carbons (Fsp3) is 0.375. The van der Waals surface area contributed by atoms with Crippen LogP contribution < -0.4 is 10.6 Å². The Morgan fingerprint density at radius 3 is 2.44 bits per heavy atom. The summed E-state index contributed by atoms with van der Waals surface area (Å²) in [4.78, 5) is 0. The van der Waals surface area contributed by atoms with Gasteiger partial charge < -0.3 is 10.6 Å². The summed E-state index contributed by atoms with van der Waals surface area (Å²) in [5.74, 6) is 0. The molecule has 0 aliphatic carbocycles. The maximum absolute atomic E-state index is 3.45. The first-order chi connectivity index (χ1) is 8.79. The van der Waals surface area contributed by atoms with Crippen LogP contribution in [0.25, 0.3) is 10.8 Å². The number of benzene rings is 2.